The van der Waals surface area contributed by atoms with Crippen LogP contribution in [0.25, 0.3) is 0 Å². The minimum Gasteiger partial charge on any atom is -0.292 e. The first-order valence-corrected chi connectivity index (χ1v) is 3.72. The van der Waals surface area contributed by atoms with Crippen molar-refractivity contribution in [2.45, 2.75) is 26.8 Å². The van der Waals surface area contributed by atoms with E-state index in [-0.39, 0.29) is 6.04 Å². The van der Waals surface area contributed by atoms with Gasteiger partial charge in [0.2, 0.25) is 0 Å². The van der Waals surface area contributed by atoms with Gasteiger partial charge in [-0.3, -0.25) is 9.98 Å². The molecule has 0 aromatic rings. The van der Waals surface area contributed by atoms with Crippen LogP contribution in [0.5, 0.6) is 0 Å². The molecule has 2 heteroatoms. The van der Waals surface area contributed by atoms with E-state index in [2.05, 4.69) is 16.6 Å². The largest absolute Gasteiger partial charge is 0.292 e. The first kappa shape index (κ1) is 10.1. The molecular weight excluding hydrogens is 136 g/mol. The van der Waals surface area contributed by atoms with Gasteiger partial charge in [0.05, 0.1) is 17.5 Å². The van der Waals surface area contributed by atoms with Crippen LogP contribution in [0, 0.1) is 0 Å². The molecule has 0 bridgehead atoms. The summed E-state index contributed by atoms with van der Waals surface area (Å²) in [6.45, 7) is 9.56. The van der Waals surface area contributed by atoms with Crippen molar-refractivity contribution in [1.29, 1.82) is 0 Å². The van der Waals surface area contributed by atoms with Crippen molar-refractivity contribution in [2.75, 3.05) is 7.05 Å². The Morgan fingerprint density at radius 2 is 1.91 bits per heavy atom. The van der Waals surface area contributed by atoms with Crippen molar-refractivity contribution in [3.8, 4) is 0 Å². The lowest BCUT2D eigenvalue weighted by molar-refractivity contribution is 0.930. The Labute approximate surface area is 68.8 Å². The number of nitrogens with zero attached hydrogens (tertiary/aromatic N) is 2. The molecule has 0 radical (unpaired) electrons. The fourth-order valence-corrected chi connectivity index (χ4v) is 0.613. The Morgan fingerprint density at radius 1 is 1.36 bits per heavy atom. The van der Waals surface area contributed by atoms with Crippen molar-refractivity contribution in [2.24, 2.45) is 9.98 Å². The molecule has 0 N–H and O–H groups in total. The first-order chi connectivity index (χ1) is 5.11. The number of aliphatic imine (C=N–C) groups is 2. The lowest BCUT2D eigenvalue weighted by Gasteiger charge is -2.01. The normalized spacial score (nSPS) is 16.4. The van der Waals surface area contributed by atoms with Gasteiger partial charge in [-0.25, -0.2) is 0 Å². The van der Waals surface area contributed by atoms with E-state index in [1.807, 2.05) is 26.8 Å². The molecule has 0 aliphatic carbocycles. The molecule has 0 amide bonds. The molecular formula is C9H16N2. The number of hydrogen-bond acceptors (Lipinski definition) is 2. The molecule has 0 fully saturated rings. The van der Waals surface area contributed by atoms with Crippen molar-refractivity contribution >= 4 is 11.4 Å². The molecule has 0 heterocycles. The molecule has 0 aliphatic rings. The molecule has 11 heavy (non-hydrogen) atoms. The lowest BCUT2D eigenvalue weighted by atomic mass is 10.2. The molecule has 0 aromatic heterocycles. The summed E-state index contributed by atoms with van der Waals surface area (Å²) in [5.41, 5.74) is 1.97. The van der Waals surface area contributed by atoms with Gasteiger partial charge in [-0.2, -0.15) is 0 Å². The number of hydrogen-bond donors (Lipinski definition) is 0. The minimum absolute atomic E-state index is 0.187. The molecule has 1 atom stereocenters. The average Bonchev–Trinajstić information content (AvgIpc) is 2.02. The van der Waals surface area contributed by atoms with E-state index < -0.39 is 0 Å². The summed E-state index contributed by atoms with van der Waals surface area (Å²) in [6, 6.07) is 0.187. The summed E-state index contributed by atoms with van der Waals surface area (Å²) in [5, 5.41) is 0. The van der Waals surface area contributed by atoms with Crippen LogP contribution in [0.2, 0.25) is 0 Å². The molecule has 1 unspecified atom stereocenters. The van der Waals surface area contributed by atoms with E-state index in [4.69, 9.17) is 0 Å². The summed E-state index contributed by atoms with van der Waals surface area (Å²) in [6.07, 6.45) is 1.81. The second-order valence-electron chi connectivity index (χ2n) is 2.50. The van der Waals surface area contributed by atoms with Gasteiger partial charge in [-0.1, -0.05) is 6.08 Å². The molecule has 0 aromatic carbocycles. The maximum absolute atomic E-state index is 4.33. The van der Waals surface area contributed by atoms with E-state index in [0.717, 1.165) is 11.4 Å². The fraction of sp³-hybridized carbons (Fsp3) is 0.556. The summed E-state index contributed by atoms with van der Waals surface area (Å²) >= 11 is 0. The Kier molecular flexibility index (Phi) is 4.42. The van der Waals surface area contributed by atoms with Crippen LogP contribution in [0.3, 0.4) is 0 Å². The quantitative estimate of drug-likeness (QED) is 0.437. The summed E-state index contributed by atoms with van der Waals surface area (Å²) in [4.78, 5) is 8.36. The monoisotopic (exact) mass is 152 g/mol. The predicted molar refractivity (Wildman–Crippen MR) is 51.8 cm³/mol. The molecule has 0 aliphatic heterocycles. The Bertz CT molecular complexity index is 190. The number of rotatable bonds is 3. The smallest absolute Gasteiger partial charge is 0.0653 e. The van der Waals surface area contributed by atoms with Gasteiger partial charge < -0.3 is 0 Å². The van der Waals surface area contributed by atoms with Gasteiger partial charge >= 0.3 is 0 Å². The highest BCUT2D eigenvalue weighted by Gasteiger charge is 1.96. The van der Waals surface area contributed by atoms with Crippen molar-refractivity contribution < 1.29 is 0 Å². The van der Waals surface area contributed by atoms with E-state index >= 15 is 0 Å². The average molecular weight is 152 g/mol. The topological polar surface area (TPSA) is 24.7 Å². The van der Waals surface area contributed by atoms with Crippen LogP contribution in [0.1, 0.15) is 20.8 Å². The maximum Gasteiger partial charge on any atom is 0.0653 e. The summed E-state index contributed by atoms with van der Waals surface area (Å²) < 4.78 is 0. The zero-order valence-corrected chi connectivity index (χ0v) is 7.76. The Balaban J connectivity index is 4.33. The molecule has 0 spiro atoms. The molecule has 62 valence electrons. The van der Waals surface area contributed by atoms with Crippen molar-refractivity contribution in [3.05, 3.63) is 12.7 Å². The van der Waals surface area contributed by atoms with Gasteiger partial charge in [0.25, 0.3) is 0 Å². The van der Waals surface area contributed by atoms with Gasteiger partial charge in [0, 0.05) is 7.05 Å². The van der Waals surface area contributed by atoms with E-state index in [1.54, 1.807) is 7.05 Å². The minimum atomic E-state index is 0.187. The summed E-state index contributed by atoms with van der Waals surface area (Å²) in [5.74, 6) is 0. The molecule has 0 saturated carbocycles. The van der Waals surface area contributed by atoms with E-state index in [1.165, 1.54) is 0 Å². The van der Waals surface area contributed by atoms with Crippen LogP contribution >= 0.6 is 0 Å². The third-order valence-corrected chi connectivity index (χ3v) is 1.60. The van der Waals surface area contributed by atoms with Crippen molar-refractivity contribution in [1.82, 2.24) is 0 Å². The summed E-state index contributed by atoms with van der Waals surface area (Å²) in [7, 11) is 1.77. The van der Waals surface area contributed by atoms with Crippen molar-refractivity contribution in [3.63, 3.8) is 0 Å². The second-order valence-corrected chi connectivity index (χ2v) is 2.50. The molecule has 0 saturated heterocycles. The highest BCUT2D eigenvalue weighted by Crippen LogP contribution is 1.92. The van der Waals surface area contributed by atoms with Crippen LogP contribution < -0.4 is 0 Å². The molecule has 0 rings (SSSR count). The second kappa shape index (κ2) is 4.83. The maximum atomic E-state index is 4.33. The fourth-order valence-electron chi connectivity index (χ4n) is 0.613. The SMILES string of the molecule is C=CC(C)N=C(C)C(C)=NC. The lowest BCUT2D eigenvalue weighted by Crippen LogP contribution is -2.08. The zero-order valence-electron chi connectivity index (χ0n) is 7.76. The third-order valence-electron chi connectivity index (χ3n) is 1.60. The Morgan fingerprint density at radius 3 is 2.27 bits per heavy atom. The van der Waals surface area contributed by atoms with E-state index in [0.29, 0.717) is 0 Å². The van der Waals surface area contributed by atoms with Crippen LogP contribution in [-0.4, -0.2) is 24.5 Å². The third kappa shape index (κ3) is 3.71. The van der Waals surface area contributed by atoms with Gasteiger partial charge in [0.15, 0.2) is 0 Å². The standard InChI is InChI=1S/C9H16N2/c1-6-7(2)11-9(4)8(3)10-5/h6-7H,1H2,2-5H3. The van der Waals surface area contributed by atoms with Gasteiger partial charge in [-0.05, 0) is 20.8 Å². The zero-order chi connectivity index (χ0) is 8.85. The first-order valence-electron chi connectivity index (χ1n) is 3.72. The van der Waals surface area contributed by atoms with Gasteiger partial charge in [-0.15, -0.1) is 6.58 Å². The van der Waals surface area contributed by atoms with Gasteiger partial charge in [0.1, 0.15) is 0 Å². The highest BCUT2D eigenvalue weighted by molar-refractivity contribution is 6.40. The highest BCUT2D eigenvalue weighted by atomic mass is 14.8. The van der Waals surface area contributed by atoms with Crippen LogP contribution in [0.15, 0.2) is 22.6 Å². The van der Waals surface area contributed by atoms with Crippen LogP contribution in [-0.2, 0) is 0 Å². The van der Waals surface area contributed by atoms with E-state index in [9.17, 15) is 0 Å². The molecule has 2 nitrogen and oxygen atoms in total. The Hall–Kier alpha value is -0.920. The predicted octanol–water partition coefficient (Wildman–Crippen LogP) is 2.11. The van der Waals surface area contributed by atoms with Crippen LogP contribution in [0.4, 0.5) is 0 Å².